The summed E-state index contributed by atoms with van der Waals surface area (Å²) >= 11 is 0. The van der Waals surface area contributed by atoms with Crippen molar-refractivity contribution in [2.24, 2.45) is 0 Å². The van der Waals surface area contributed by atoms with Crippen LogP contribution >= 0.6 is 0 Å². The molecule has 2 amide bonds. The number of carbonyl (C=O) groups excluding carboxylic acids is 2. The molecule has 4 aromatic carbocycles. The van der Waals surface area contributed by atoms with Crippen molar-refractivity contribution < 1.29 is 31.9 Å². The van der Waals surface area contributed by atoms with Crippen molar-refractivity contribution in [2.75, 3.05) is 31.6 Å². The third-order valence-corrected chi connectivity index (χ3v) is 9.40. The van der Waals surface area contributed by atoms with Crippen LogP contribution in [0.25, 0.3) is 0 Å². The first-order valence-corrected chi connectivity index (χ1v) is 16.7. The quantitative estimate of drug-likeness (QED) is 0.180. The second-order valence-corrected chi connectivity index (χ2v) is 12.9. The Labute approximate surface area is 276 Å². The van der Waals surface area contributed by atoms with E-state index in [-0.39, 0.29) is 29.3 Å². The van der Waals surface area contributed by atoms with Crippen molar-refractivity contribution in [3.8, 4) is 11.5 Å². The van der Waals surface area contributed by atoms with Gasteiger partial charge in [-0.15, -0.1) is 0 Å². The molecule has 0 spiro atoms. The van der Waals surface area contributed by atoms with Crippen LogP contribution in [0, 0.1) is 12.7 Å². The maximum absolute atomic E-state index is 14.6. The molecule has 0 radical (unpaired) electrons. The molecule has 0 saturated carbocycles. The largest absolute Gasteiger partial charge is 0.497 e. The molecule has 0 aliphatic rings. The number of rotatable bonds is 15. The zero-order valence-electron chi connectivity index (χ0n) is 27.0. The van der Waals surface area contributed by atoms with E-state index in [1.165, 1.54) is 61.6 Å². The number of nitrogens with one attached hydrogen (secondary N) is 1. The SMILES string of the molecule is CCCNC(=O)[C@H](Cc1ccccc1)N(Cc1ccc(F)cc1)C(=O)CN(c1cc(OC)ccc1OC)S(=O)(=O)c1ccc(C)cc1. The van der Waals surface area contributed by atoms with Crippen LogP contribution in [0.2, 0.25) is 0 Å². The van der Waals surface area contributed by atoms with Crippen LogP contribution < -0.4 is 19.1 Å². The first-order valence-electron chi connectivity index (χ1n) is 15.2. The fourth-order valence-corrected chi connectivity index (χ4v) is 6.47. The number of ether oxygens (including phenoxy) is 2. The minimum absolute atomic E-state index is 0.0348. The summed E-state index contributed by atoms with van der Waals surface area (Å²) < 4.78 is 54.5. The van der Waals surface area contributed by atoms with Crippen molar-refractivity contribution in [3.63, 3.8) is 0 Å². The monoisotopic (exact) mass is 661 g/mol. The summed E-state index contributed by atoms with van der Waals surface area (Å²) in [5, 5.41) is 2.90. The van der Waals surface area contributed by atoms with Crippen LogP contribution in [0.1, 0.15) is 30.0 Å². The molecule has 1 N–H and O–H groups in total. The number of hydrogen-bond acceptors (Lipinski definition) is 6. The lowest BCUT2D eigenvalue weighted by molar-refractivity contribution is -0.140. The van der Waals surface area contributed by atoms with Crippen LogP contribution in [0.3, 0.4) is 0 Å². The summed E-state index contributed by atoms with van der Waals surface area (Å²) in [5.41, 5.74) is 2.31. The summed E-state index contributed by atoms with van der Waals surface area (Å²) in [6.07, 6.45) is 0.838. The molecule has 0 unspecified atom stereocenters. The molecule has 0 aliphatic heterocycles. The van der Waals surface area contributed by atoms with E-state index in [9.17, 15) is 22.4 Å². The van der Waals surface area contributed by atoms with E-state index in [0.29, 0.717) is 24.3 Å². The summed E-state index contributed by atoms with van der Waals surface area (Å²) in [6, 6.07) is 24.8. The summed E-state index contributed by atoms with van der Waals surface area (Å²) in [7, 11) is -1.51. The first-order chi connectivity index (χ1) is 22.6. The third kappa shape index (κ3) is 8.88. The van der Waals surface area contributed by atoms with Crippen LogP contribution in [0.4, 0.5) is 10.1 Å². The van der Waals surface area contributed by atoms with Crippen LogP contribution in [0.5, 0.6) is 11.5 Å². The van der Waals surface area contributed by atoms with Crippen LogP contribution in [-0.2, 0) is 32.6 Å². The lowest BCUT2D eigenvalue weighted by atomic mass is 10.0. The fourth-order valence-electron chi connectivity index (χ4n) is 5.05. The van der Waals surface area contributed by atoms with E-state index in [1.807, 2.05) is 44.2 Å². The van der Waals surface area contributed by atoms with Crippen LogP contribution in [-0.4, -0.2) is 58.5 Å². The molecule has 11 heteroatoms. The van der Waals surface area contributed by atoms with Crippen molar-refractivity contribution in [2.45, 2.75) is 44.2 Å². The number of sulfonamides is 1. The van der Waals surface area contributed by atoms with Gasteiger partial charge in [-0.05, 0) is 60.9 Å². The number of benzene rings is 4. The lowest BCUT2D eigenvalue weighted by Gasteiger charge is -2.34. The van der Waals surface area contributed by atoms with Gasteiger partial charge in [0.2, 0.25) is 11.8 Å². The molecule has 0 saturated heterocycles. The second kappa shape index (κ2) is 16.1. The van der Waals surface area contributed by atoms with Gasteiger partial charge in [-0.3, -0.25) is 13.9 Å². The van der Waals surface area contributed by atoms with Crippen molar-refractivity contribution >= 4 is 27.5 Å². The van der Waals surface area contributed by atoms with Gasteiger partial charge in [-0.2, -0.15) is 0 Å². The molecule has 0 heterocycles. The molecule has 9 nitrogen and oxygen atoms in total. The van der Waals surface area contributed by atoms with Crippen LogP contribution in [0.15, 0.2) is 102 Å². The molecular weight excluding hydrogens is 621 g/mol. The molecule has 47 heavy (non-hydrogen) atoms. The van der Waals surface area contributed by atoms with E-state index < -0.39 is 40.2 Å². The highest BCUT2D eigenvalue weighted by molar-refractivity contribution is 7.92. The summed E-state index contributed by atoms with van der Waals surface area (Å²) in [6.45, 7) is 3.39. The Morgan fingerprint density at radius 2 is 1.55 bits per heavy atom. The number of aryl methyl sites for hydroxylation is 1. The highest BCUT2D eigenvalue weighted by Gasteiger charge is 2.35. The van der Waals surface area contributed by atoms with E-state index in [0.717, 1.165) is 15.4 Å². The molecule has 0 bridgehead atoms. The van der Waals surface area contributed by atoms with Gasteiger partial charge >= 0.3 is 0 Å². The Morgan fingerprint density at radius 1 is 0.872 bits per heavy atom. The smallest absolute Gasteiger partial charge is 0.264 e. The standard InChI is InChI=1S/C36H40FN3O6S/c1-5-21-38-36(42)33(22-27-9-7-6-8-10-27)39(24-28-13-15-29(37)16-14-28)35(41)25-40(32-23-30(45-3)17-20-34(32)46-4)47(43,44)31-18-11-26(2)12-19-31/h6-20,23,33H,5,21-22,24-25H2,1-4H3,(H,38,42)/t33-/m0/s1. The van der Waals surface area contributed by atoms with E-state index in [1.54, 1.807) is 24.3 Å². The topological polar surface area (TPSA) is 105 Å². The Morgan fingerprint density at radius 3 is 2.17 bits per heavy atom. The maximum Gasteiger partial charge on any atom is 0.264 e. The van der Waals surface area contributed by atoms with Gasteiger partial charge in [0.05, 0.1) is 24.8 Å². The fraction of sp³-hybridized carbons (Fsp3) is 0.278. The van der Waals surface area contributed by atoms with Gasteiger partial charge in [0.15, 0.2) is 0 Å². The number of halogens is 1. The summed E-state index contributed by atoms with van der Waals surface area (Å²) in [4.78, 5) is 29.7. The third-order valence-electron chi connectivity index (χ3n) is 7.63. The molecule has 248 valence electrons. The molecule has 0 fully saturated rings. The predicted molar refractivity (Wildman–Crippen MR) is 179 cm³/mol. The zero-order chi connectivity index (χ0) is 34.0. The summed E-state index contributed by atoms with van der Waals surface area (Å²) in [5.74, 6) is -0.948. The van der Waals surface area contributed by atoms with Crippen molar-refractivity contribution in [1.82, 2.24) is 10.2 Å². The van der Waals surface area contributed by atoms with Gasteiger partial charge in [-0.25, -0.2) is 12.8 Å². The Balaban J connectivity index is 1.85. The van der Waals surface area contributed by atoms with Gasteiger partial charge in [0.1, 0.15) is 29.9 Å². The first kappa shape index (κ1) is 35.0. The Bertz CT molecular complexity index is 1750. The minimum atomic E-state index is -4.35. The molecule has 0 aromatic heterocycles. The number of hydrogen-bond donors (Lipinski definition) is 1. The Kier molecular flexibility index (Phi) is 12.0. The number of anilines is 1. The molecule has 1 atom stereocenters. The minimum Gasteiger partial charge on any atom is -0.497 e. The predicted octanol–water partition coefficient (Wildman–Crippen LogP) is 5.51. The molecule has 4 aromatic rings. The van der Waals surface area contributed by atoms with Crippen molar-refractivity contribution in [3.05, 3.63) is 120 Å². The van der Waals surface area contributed by atoms with Crippen molar-refractivity contribution in [1.29, 1.82) is 0 Å². The van der Waals surface area contributed by atoms with E-state index in [4.69, 9.17) is 9.47 Å². The average molecular weight is 662 g/mol. The van der Waals surface area contributed by atoms with E-state index in [2.05, 4.69) is 5.32 Å². The highest BCUT2D eigenvalue weighted by Crippen LogP contribution is 2.36. The van der Waals surface area contributed by atoms with Gasteiger partial charge in [-0.1, -0.05) is 67.1 Å². The number of amides is 2. The number of methoxy groups -OCH3 is 2. The molecular formula is C36H40FN3O6S. The maximum atomic E-state index is 14.6. The normalized spacial score (nSPS) is 11.8. The Hall–Kier alpha value is -4.90. The highest BCUT2D eigenvalue weighted by atomic mass is 32.2. The number of nitrogens with zero attached hydrogens (tertiary/aromatic N) is 2. The average Bonchev–Trinajstić information content (AvgIpc) is 3.08. The molecule has 0 aliphatic carbocycles. The molecule has 4 rings (SSSR count). The van der Waals surface area contributed by atoms with Gasteiger partial charge in [0, 0.05) is 25.6 Å². The van der Waals surface area contributed by atoms with Gasteiger partial charge in [0.25, 0.3) is 10.0 Å². The zero-order valence-corrected chi connectivity index (χ0v) is 27.8. The van der Waals surface area contributed by atoms with Gasteiger partial charge < -0.3 is 19.7 Å². The number of carbonyl (C=O) groups is 2. The second-order valence-electron chi connectivity index (χ2n) is 11.0. The van der Waals surface area contributed by atoms with E-state index >= 15 is 0 Å². The lowest BCUT2D eigenvalue weighted by Crippen LogP contribution is -2.53.